The molecule has 3 N–H and O–H groups in total. The maximum Gasteiger partial charge on any atom is 0.587 e. The van der Waals surface area contributed by atoms with Crippen molar-refractivity contribution in [3.8, 4) is 11.5 Å². The van der Waals surface area contributed by atoms with Crippen LogP contribution in [-0.2, 0) is 13.8 Å². The van der Waals surface area contributed by atoms with Crippen molar-refractivity contribution in [2.45, 2.75) is 30.8 Å². The summed E-state index contributed by atoms with van der Waals surface area (Å²) < 4.78 is 66.3. The van der Waals surface area contributed by atoms with Gasteiger partial charge in [0.15, 0.2) is 18.0 Å². The molecule has 1 aliphatic rings. The molecule has 4 rings (SSSR count). The summed E-state index contributed by atoms with van der Waals surface area (Å²) in [4.78, 5) is 15.6. The first kappa shape index (κ1) is 24.8. The van der Waals surface area contributed by atoms with E-state index in [4.69, 9.17) is 24.0 Å². The number of benzene rings is 2. The maximum absolute atomic E-state index is 15.7. The molecule has 1 fully saturated rings. The Bertz CT molecular complexity index is 1230. The Balaban J connectivity index is 1.59. The number of phosphoric acid groups is 1. The Kier molecular flexibility index (Phi) is 6.65. The summed E-state index contributed by atoms with van der Waals surface area (Å²) in [6.07, 6.45) is -3.34. The van der Waals surface area contributed by atoms with Crippen molar-refractivity contribution in [2.75, 3.05) is 12.3 Å². The van der Waals surface area contributed by atoms with Gasteiger partial charge >= 0.3 is 13.5 Å². The van der Waals surface area contributed by atoms with Crippen molar-refractivity contribution in [3.05, 3.63) is 83.4 Å². The first-order valence-corrected chi connectivity index (χ1v) is 11.8. The second-order valence-corrected chi connectivity index (χ2v) is 9.40. The molecule has 1 aromatic heterocycles. The fourth-order valence-electron chi connectivity index (χ4n) is 3.43. The average molecular weight is 509 g/mol. The van der Waals surface area contributed by atoms with E-state index in [0.717, 1.165) is 13.1 Å². The SMILES string of the molecule is C[C@@]1(F)C(O)[C@@](F)(COP(=O)(Oc2ccccc2)Oc2ccccc2)O[C@H]1n1ccc(N)nc1=O. The number of ether oxygens (including phenoxy) is 1. The summed E-state index contributed by atoms with van der Waals surface area (Å²) in [5.74, 6) is -3.22. The standard InChI is InChI=1S/C22H22F2N3O7P/c1-21(23)18(28)22(24,32-19(21)27-13-12-17(25)26-20(27)29)14-31-35(30,33-15-8-4-2-5-9-15)34-16-10-6-3-7-11-16/h2-13,18-19,28H,14H2,1H3,(H2,25,26,29)/t18?,19-,21-,22-/m1/s1. The molecule has 3 aromatic rings. The highest BCUT2D eigenvalue weighted by molar-refractivity contribution is 7.49. The zero-order valence-electron chi connectivity index (χ0n) is 18.4. The van der Waals surface area contributed by atoms with Crippen LogP contribution >= 0.6 is 7.82 Å². The predicted octanol–water partition coefficient (Wildman–Crippen LogP) is 3.39. The Morgan fingerprint density at radius 3 is 2.14 bits per heavy atom. The molecule has 1 saturated heterocycles. The Labute approximate surface area is 198 Å². The highest BCUT2D eigenvalue weighted by Crippen LogP contribution is 2.53. The number of hydrogen-bond acceptors (Lipinski definition) is 9. The number of nitrogen functional groups attached to an aromatic ring is 1. The molecule has 13 heteroatoms. The average Bonchev–Trinajstić information content (AvgIpc) is 3.00. The number of anilines is 1. The van der Waals surface area contributed by atoms with E-state index >= 15 is 8.78 Å². The maximum atomic E-state index is 15.7. The first-order chi connectivity index (χ1) is 16.5. The van der Waals surface area contributed by atoms with Gasteiger partial charge in [0.05, 0.1) is 0 Å². The molecule has 0 saturated carbocycles. The minimum absolute atomic E-state index is 0.0836. The van der Waals surface area contributed by atoms with Gasteiger partial charge in [0.1, 0.15) is 23.9 Å². The Hall–Kier alpha value is -3.31. The van der Waals surface area contributed by atoms with E-state index in [1.807, 2.05) is 0 Å². The summed E-state index contributed by atoms with van der Waals surface area (Å²) in [7, 11) is -4.59. The predicted molar refractivity (Wildman–Crippen MR) is 120 cm³/mol. The molecule has 2 heterocycles. The fraction of sp³-hybridized carbons (Fsp3) is 0.273. The van der Waals surface area contributed by atoms with Gasteiger partial charge in [0.2, 0.25) is 0 Å². The molecule has 1 aliphatic heterocycles. The normalized spacial score (nSPS) is 26.4. The smallest absolute Gasteiger partial charge is 0.395 e. The molecule has 10 nitrogen and oxygen atoms in total. The van der Waals surface area contributed by atoms with Crippen LogP contribution in [0.3, 0.4) is 0 Å². The molecule has 186 valence electrons. The van der Waals surface area contributed by atoms with Crippen LogP contribution in [0.1, 0.15) is 13.2 Å². The van der Waals surface area contributed by atoms with Gasteiger partial charge in [-0.3, -0.25) is 9.09 Å². The summed E-state index contributed by atoms with van der Waals surface area (Å²) in [6.45, 7) is -0.425. The molecule has 4 atom stereocenters. The van der Waals surface area contributed by atoms with Gasteiger partial charge in [0.25, 0.3) is 5.85 Å². The molecule has 0 aliphatic carbocycles. The van der Waals surface area contributed by atoms with Crippen molar-refractivity contribution in [2.24, 2.45) is 0 Å². The Morgan fingerprint density at radius 2 is 1.63 bits per heavy atom. The summed E-state index contributed by atoms with van der Waals surface area (Å²) in [5.41, 5.74) is 1.59. The molecule has 35 heavy (non-hydrogen) atoms. The summed E-state index contributed by atoms with van der Waals surface area (Å²) in [5, 5.41) is 10.4. The van der Waals surface area contributed by atoms with E-state index in [-0.39, 0.29) is 17.3 Å². The van der Waals surface area contributed by atoms with E-state index in [1.165, 1.54) is 30.3 Å². The van der Waals surface area contributed by atoms with Crippen molar-refractivity contribution in [3.63, 3.8) is 0 Å². The molecule has 1 unspecified atom stereocenters. The zero-order chi connectivity index (χ0) is 25.3. The summed E-state index contributed by atoms with van der Waals surface area (Å²) in [6, 6.07) is 16.8. The van der Waals surface area contributed by atoms with Crippen molar-refractivity contribution in [1.82, 2.24) is 9.55 Å². The number of rotatable bonds is 8. The second-order valence-electron chi connectivity index (χ2n) is 7.88. The largest absolute Gasteiger partial charge is 0.587 e. The lowest BCUT2D eigenvalue weighted by atomic mass is 9.97. The quantitative estimate of drug-likeness (QED) is 0.438. The number of halogens is 2. The van der Waals surface area contributed by atoms with Gasteiger partial charge in [-0.25, -0.2) is 18.1 Å². The number of nitrogens with zero attached hydrogens (tertiary/aromatic N) is 2. The topological polar surface area (TPSA) is 135 Å². The third-order valence-electron chi connectivity index (χ3n) is 5.18. The van der Waals surface area contributed by atoms with Crippen LogP contribution in [-0.4, -0.2) is 38.9 Å². The van der Waals surface area contributed by atoms with E-state index in [9.17, 15) is 14.5 Å². The van der Waals surface area contributed by atoms with Crippen LogP contribution in [0.2, 0.25) is 0 Å². The number of para-hydroxylation sites is 2. The number of hydrogen-bond donors (Lipinski definition) is 2. The van der Waals surface area contributed by atoms with Gasteiger partial charge < -0.3 is 24.6 Å². The molecule has 0 spiro atoms. The summed E-state index contributed by atoms with van der Waals surface area (Å²) >= 11 is 0. The fourth-order valence-corrected chi connectivity index (χ4v) is 4.66. The molecule has 2 aromatic carbocycles. The molecular weight excluding hydrogens is 487 g/mol. The third-order valence-corrected chi connectivity index (χ3v) is 6.49. The van der Waals surface area contributed by atoms with Crippen LogP contribution in [0.5, 0.6) is 11.5 Å². The lowest BCUT2D eigenvalue weighted by molar-refractivity contribution is -0.204. The van der Waals surface area contributed by atoms with Crippen LogP contribution < -0.4 is 20.5 Å². The van der Waals surface area contributed by atoms with Crippen molar-refractivity contribution in [1.29, 1.82) is 0 Å². The lowest BCUT2D eigenvalue weighted by Crippen LogP contribution is -2.47. The van der Waals surface area contributed by atoms with Crippen LogP contribution in [0.4, 0.5) is 14.6 Å². The monoisotopic (exact) mass is 509 g/mol. The lowest BCUT2D eigenvalue weighted by Gasteiger charge is -2.26. The van der Waals surface area contributed by atoms with Gasteiger partial charge in [-0.15, -0.1) is 0 Å². The highest BCUT2D eigenvalue weighted by atomic mass is 31.2. The van der Waals surface area contributed by atoms with E-state index in [2.05, 4.69) is 4.98 Å². The Morgan fingerprint density at radius 1 is 1.09 bits per heavy atom. The van der Waals surface area contributed by atoms with Crippen LogP contribution in [0.25, 0.3) is 0 Å². The third kappa shape index (κ3) is 5.20. The van der Waals surface area contributed by atoms with Crippen LogP contribution in [0.15, 0.2) is 77.7 Å². The van der Waals surface area contributed by atoms with Crippen molar-refractivity contribution >= 4 is 13.6 Å². The highest BCUT2D eigenvalue weighted by Gasteiger charge is 2.65. The second kappa shape index (κ2) is 9.38. The van der Waals surface area contributed by atoms with E-state index in [0.29, 0.717) is 4.57 Å². The number of aliphatic hydroxyl groups excluding tert-OH is 1. The molecule has 0 bridgehead atoms. The zero-order valence-corrected chi connectivity index (χ0v) is 19.3. The molecule has 0 radical (unpaired) electrons. The minimum Gasteiger partial charge on any atom is -0.395 e. The molecular formula is C22H22F2N3O7P. The molecule has 0 amide bonds. The number of alkyl halides is 2. The van der Waals surface area contributed by atoms with Gasteiger partial charge in [-0.05, 0) is 37.3 Å². The number of aromatic nitrogens is 2. The first-order valence-electron chi connectivity index (χ1n) is 10.3. The number of phosphoric ester groups is 1. The minimum atomic E-state index is -4.59. The van der Waals surface area contributed by atoms with Gasteiger partial charge in [-0.2, -0.15) is 4.98 Å². The number of aliphatic hydroxyl groups is 1. The van der Waals surface area contributed by atoms with Crippen molar-refractivity contribution < 1.29 is 36.8 Å². The number of nitrogens with two attached hydrogens (primary N) is 1. The van der Waals surface area contributed by atoms with Gasteiger partial charge in [-0.1, -0.05) is 36.4 Å². The van der Waals surface area contributed by atoms with E-state index < -0.39 is 44.0 Å². The van der Waals surface area contributed by atoms with Crippen LogP contribution in [0, 0.1) is 0 Å². The van der Waals surface area contributed by atoms with Gasteiger partial charge in [0, 0.05) is 6.20 Å². The van der Waals surface area contributed by atoms with E-state index in [1.54, 1.807) is 36.4 Å².